The van der Waals surface area contributed by atoms with Crippen molar-refractivity contribution in [2.75, 3.05) is 19.8 Å². The minimum Gasteiger partial charge on any atom is -0.352 e. The van der Waals surface area contributed by atoms with E-state index in [1.807, 2.05) is 13.8 Å². The van der Waals surface area contributed by atoms with Gasteiger partial charge in [0, 0.05) is 25.8 Å². The van der Waals surface area contributed by atoms with Crippen LogP contribution < -0.4 is 5.32 Å². The van der Waals surface area contributed by atoms with Gasteiger partial charge in [-0.1, -0.05) is 0 Å². The monoisotopic (exact) mass is 257 g/mol. The maximum atomic E-state index is 5.49. The van der Waals surface area contributed by atoms with Crippen LogP contribution in [0.1, 0.15) is 26.3 Å². The normalized spacial score (nSPS) is 13.2. The smallest absolute Gasteiger partial charge is 0.169 e. The van der Waals surface area contributed by atoms with E-state index in [0.717, 1.165) is 13.0 Å². The van der Waals surface area contributed by atoms with E-state index in [0.29, 0.717) is 19.3 Å². The van der Waals surface area contributed by atoms with Gasteiger partial charge in [-0.3, -0.25) is 0 Å². The number of nitrogens with one attached hydrogen (secondary N) is 1. The van der Waals surface area contributed by atoms with Crippen molar-refractivity contribution < 1.29 is 9.47 Å². The first-order valence-corrected chi connectivity index (χ1v) is 7.18. The lowest BCUT2D eigenvalue weighted by atomic mass is 10.1. The van der Waals surface area contributed by atoms with Gasteiger partial charge in [-0.15, -0.1) is 0 Å². The molecular formula is C13H23NO2S. The molecule has 1 rings (SSSR count). The van der Waals surface area contributed by atoms with E-state index in [1.54, 1.807) is 11.3 Å². The number of thiophene rings is 1. The second-order valence-corrected chi connectivity index (χ2v) is 4.77. The van der Waals surface area contributed by atoms with Crippen LogP contribution in [0, 0.1) is 0 Å². The van der Waals surface area contributed by atoms with Crippen molar-refractivity contribution in [3.63, 3.8) is 0 Å². The van der Waals surface area contributed by atoms with Gasteiger partial charge in [0.1, 0.15) is 0 Å². The molecule has 98 valence electrons. The van der Waals surface area contributed by atoms with Crippen LogP contribution in [0.3, 0.4) is 0 Å². The molecule has 0 saturated heterocycles. The van der Waals surface area contributed by atoms with E-state index >= 15 is 0 Å². The van der Waals surface area contributed by atoms with Crippen molar-refractivity contribution in [3.8, 4) is 0 Å². The maximum Gasteiger partial charge on any atom is 0.169 e. The predicted octanol–water partition coefficient (Wildman–Crippen LogP) is 2.67. The van der Waals surface area contributed by atoms with Crippen molar-refractivity contribution in [2.24, 2.45) is 0 Å². The van der Waals surface area contributed by atoms with Crippen molar-refractivity contribution in [1.29, 1.82) is 0 Å². The van der Waals surface area contributed by atoms with Crippen LogP contribution in [0.25, 0.3) is 0 Å². The van der Waals surface area contributed by atoms with Crippen LogP contribution >= 0.6 is 11.3 Å². The Hall–Kier alpha value is -0.420. The molecule has 0 spiro atoms. The van der Waals surface area contributed by atoms with Crippen LogP contribution in [-0.2, 0) is 15.9 Å². The van der Waals surface area contributed by atoms with E-state index in [-0.39, 0.29) is 6.29 Å². The van der Waals surface area contributed by atoms with Crippen molar-refractivity contribution in [1.82, 2.24) is 5.32 Å². The molecule has 17 heavy (non-hydrogen) atoms. The number of hydrogen-bond donors (Lipinski definition) is 1. The molecule has 0 aliphatic carbocycles. The quantitative estimate of drug-likeness (QED) is 0.690. The van der Waals surface area contributed by atoms with Gasteiger partial charge in [0.2, 0.25) is 0 Å². The highest BCUT2D eigenvalue weighted by molar-refractivity contribution is 7.07. The number of ether oxygens (including phenoxy) is 2. The van der Waals surface area contributed by atoms with E-state index in [4.69, 9.17) is 9.47 Å². The van der Waals surface area contributed by atoms with E-state index in [2.05, 4.69) is 29.1 Å². The molecule has 1 aromatic rings. The Labute approximate surface area is 108 Å². The zero-order chi connectivity index (χ0) is 12.5. The third-order valence-corrected chi connectivity index (χ3v) is 3.19. The molecule has 0 aliphatic rings. The first-order valence-electron chi connectivity index (χ1n) is 6.23. The Kier molecular flexibility index (Phi) is 7.44. The van der Waals surface area contributed by atoms with Crippen molar-refractivity contribution in [3.05, 3.63) is 22.4 Å². The summed E-state index contributed by atoms with van der Waals surface area (Å²) in [5.41, 5.74) is 1.39. The highest BCUT2D eigenvalue weighted by atomic mass is 32.1. The van der Waals surface area contributed by atoms with Gasteiger partial charge in [-0.25, -0.2) is 0 Å². The summed E-state index contributed by atoms with van der Waals surface area (Å²) in [6.45, 7) is 8.28. The Morgan fingerprint density at radius 1 is 1.29 bits per heavy atom. The van der Waals surface area contributed by atoms with Gasteiger partial charge < -0.3 is 14.8 Å². The molecular weight excluding hydrogens is 234 g/mol. The second kappa shape index (κ2) is 8.64. The molecule has 0 radical (unpaired) electrons. The molecule has 0 aliphatic heterocycles. The van der Waals surface area contributed by atoms with Gasteiger partial charge in [-0.05, 0) is 49.6 Å². The van der Waals surface area contributed by atoms with Gasteiger partial charge in [-0.2, -0.15) is 11.3 Å². The lowest BCUT2D eigenvalue weighted by Crippen LogP contribution is -2.37. The Bertz CT molecular complexity index is 271. The summed E-state index contributed by atoms with van der Waals surface area (Å²) in [5, 5.41) is 7.76. The van der Waals surface area contributed by atoms with Gasteiger partial charge in [0.15, 0.2) is 6.29 Å². The minimum absolute atomic E-state index is 0.130. The van der Waals surface area contributed by atoms with Crippen LogP contribution in [0.4, 0.5) is 0 Å². The number of rotatable bonds is 9. The van der Waals surface area contributed by atoms with Crippen LogP contribution in [0.2, 0.25) is 0 Å². The predicted molar refractivity (Wildman–Crippen MR) is 72.5 cm³/mol. The third-order valence-electron chi connectivity index (χ3n) is 2.46. The average molecular weight is 257 g/mol. The molecule has 0 amide bonds. The lowest BCUT2D eigenvalue weighted by molar-refractivity contribution is -0.133. The molecule has 3 nitrogen and oxygen atoms in total. The first kappa shape index (κ1) is 14.6. The highest BCUT2D eigenvalue weighted by Crippen LogP contribution is 2.08. The molecule has 1 aromatic heterocycles. The summed E-state index contributed by atoms with van der Waals surface area (Å²) in [6, 6.07) is 2.61. The Morgan fingerprint density at radius 3 is 2.53 bits per heavy atom. The SMILES string of the molecule is CCOC(CNC(C)Cc1ccsc1)OCC. The summed E-state index contributed by atoms with van der Waals surface area (Å²) < 4.78 is 11.0. The lowest BCUT2D eigenvalue weighted by Gasteiger charge is -2.20. The van der Waals surface area contributed by atoms with Crippen LogP contribution in [0.15, 0.2) is 16.8 Å². The summed E-state index contributed by atoms with van der Waals surface area (Å²) in [7, 11) is 0. The zero-order valence-electron chi connectivity index (χ0n) is 10.9. The second-order valence-electron chi connectivity index (χ2n) is 3.99. The topological polar surface area (TPSA) is 30.5 Å². The molecule has 0 saturated carbocycles. The van der Waals surface area contributed by atoms with E-state index in [1.165, 1.54) is 5.56 Å². The van der Waals surface area contributed by atoms with Crippen LogP contribution in [0.5, 0.6) is 0 Å². The van der Waals surface area contributed by atoms with Crippen molar-refractivity contribution >= 4 is 11.3 Å². The van der Waals surface area contributed by atoms with E-state index < -0.39 is 0 Å². The fourth-order valence-electron chi connectivity index (χ4n) is 1.67. The summed E-state index contributed by atoms with van der Waals surface area (Å²) in [5.74, 6) is 0. The van der Waals surface area contributed by atoms with Crippen LogP contribution in [-0.4, -0.2) is 32.1 Å². The molecule has 4 heteroatoms. The fourth-order valence-corrected chi connectivity index (χ4v) is 2.35. The van der Waals surface area contributed by atoms with Crippen molar-refractivity contribution in [2.45, 2.75) is 39.5 Å². The Balaban J connectivity index is 2.23. The zero-order valence-corrected chi connectivity index (χ0v) is 11.8. The summed E-state index contributed by atoms with van der Waals surface area (Å²) in [4.78, 5) is 0. The molecule has 1 unspecified atom stereocenters. The first-order chi connectivity index (χ1) is 8.26. The minimum atomic E-state index is -0.130. The molecule has 1 heterocycles. The highest BCUT2D eigenvalue weighted by Gasteiger charge is 2.10. The fraction of sp³-hybridized carbons (Fsp3) is 0.692. The largest absolute Gasteiger partial charge is 0.352 e. The van der Waals surface area contributed by atoms with Gasteiger partial charge in [0.05, 0.1) is 0 Å². The number of hydrogen-bond acceptors (Lipinski definition) is 4. The molecule has 1 atom stereocenters. The molecule has 0 aromatic carbocycles. The average Bonchev–Trinajstić information content (AvgIpc) is 2.79. The molecule has 0 fully saturated rings. The van der Waals surface area contributed by atoms with E-state index in [9.17, 15) is 0 Å². The van der Waals surface area contributed by atoms with Gasteiger partial charge >= 0.3 is 0 Å². The summed E-state index contributed by atoms with van der Waals surface area (Å²) >= 11 is 1.75. The van der Waals surface area contributed by atoms with Gasteiger partial charge in [0.25, 0.3) is 0 Å². The third kappa shape index (κ3) is 6.17. The standard InChI is InChI=1S/C13H23NO2S/c1-4-15-13(16-5-2)9-14-11(3)8-12-6-7-17-10-12/h6-7,10-11,13-14H,4-5,8-9H2,1-3H3. The Morgan fingerprint density at radius 2 is 2.00 bits per heavy atom. The maximum absolute atomic E-state index is 5.49. The summed E-state index contributed by atoms with van der Waals surface area (Å²) in [6.07, 6.45) is 0.920. The molecule has 0 bridgehead atoms. The molecule has 1 N–H and O–H groups in total.